The van der Waals surface area contributed by atoms with Crippen LogP contribution in [0.4, 0.5) is 0 Å². The van der Waals surface area contributed by atoms with Crippen molar-refractivity contribution in [3.05, 3.63) is 35.9 Å². The number of rotatable bonds is 3. The average molecular weight is 304 g/mol. The summed E-state index contributed by atoms with van der Waals surface area (Å²) in [4.78, 5) is 4.65. The molecule has 1 aliphatic rings. The maximum absolute atomic E-state index is 6.18. The van der Waals surface area contributed by atoms with Crippen molar-refractivity contribution >= 4 is 22.5 Å². The first kappa shape index (κ1) is 14.6. The third kappa shape index (κ3) is 3.32. The number of fused-ring (bicyclic) bond motifs is 1. The number of aromatic nitrogens is 1. The van der Waals surface area contributed by atoms with Gasteiger partial charge in [0, 0.05) is 17.3 Å². The lowest BCUT2D eigenvalue weighted by molar-refractivity contribution is 0.0970. The zero-order chi connectivity index (χ0) is 14.8. The highest BCUT2D eigenvalue weighted by molar-refractivity contribution is 6.18. The zero-order valence-electron chi connectivity index (χ0n) is 12.7. The van der Waals surface area contributed by atoms with Crippen LogP contribution in [0.25, 0.3) is 10.9 Å². The summed E-state index contributed by atoms with van der Waals surface area (Å²) in [6.07, 6.45) is 3.82. The maximum atomic E-state index is 6.18. The van der Waals surface area contributed by atoms with Gasteiger partial charge in [-0.15, -0.1) is 11.6 Å². The van der Waals surface area contributed by atoms with Crippen molar-refractivity contribution in [3.63, 3.8) is 0 Å². The Labute approximate surface area is 131 Å². The maximum Gasteiger partial charge on any atom is 0.214 e. The minimum absolute atomic E-state index is 0.278. The molecule has 0 N–H and O–H groups in total. The van der Waals surface area contributed by atoms with Gasteiger partial charge in [0.05, 0.1) is 5.52 Å². The van der Waals surface area contributed by atoms with E-state index in [2.05, 4.69) is 24.9 Å². The fourth-order valence-electron chi connectivity index (χ4n) is 3.53. The minimum Gasteiger partial charge on any atom is -0.474 e. The number of hydrogen-bond acceptors (Lipinski definition) is 2. The number of nitrogens with zero attached hydrogens (tertiary/aromatic N) is 1. The van der Waals surface area contributed by atoms with Gasteiger partial charge in [-0.3, -0.25) is 0 Å². The molecule has 1 aromatic heterocycles. The van der Waals surface area contributed by atoms with E-state index in [1.54, 1.807) is 0 Å². The number of benzene rings is 1. The molecule has 0 spiro atoms. The van der Waals surface area contributed by atoms with Crippen LogP contribution in [0.1, 0.15) is 38.7 Å². The summed E-state index contributed by atoms with van der Waals surface area (Å²) in [5.74, 6) is 2.66. The molecule has 21 heavy (non-hydrogen) atoms. The van der Waals surface area contributed by atoms with Gasteiger partial charge < -0.3 is 4.74 Å². The molecule has 3 rings (SSSR count). The van der Waals surface area contributed by atoms with Gasteiger partial charge in [0.25, 0.3) is 0 Å². The van der Waals surface area contributed by atoms with Crippen LogP contribution >= 0.6 is 11.6 Å². The summed E-state index contributed by atoms with van der Waals surface area (Å²) in [7, 11) is 0. The third-order valence-corrected chi connectivity index (χ3v) is 4.63. The topological polar surface area (TPSA) is 22.1 Å². The molecule has 0 amide bonds. The van der Waals surface area contributed by atoms with Gasteiger partial charge in [-0.05, 0) is 42.7 Å². The molecular weight excluding hydrogens is 282 g/mol. The van der Waals surface area contributed by atoms with E-state index < -0.39 is 0 Å². The van der Waals surface area contributed by atoms with Gasteiger partial charge in [-0.2, -0.15) is 0 Å². The first-order chi connectivity index (χ1) is 10.2. The predicted octanol–water partition coefficient (Wildman–Crippen LogP) is 5.18. The highest BCUT2D eigenvalue weighted by Crippen LogP contribution is 2.32. The Bertz CT molecular complexity index is 618. The van der Waals surface area contributed by atoms with E-state index in [0.717, 1.165) is 47.0 Å². The molecule has 1 heterocycles. The van der Waals surface area contributed by atoms with E-state index in [1.165, 1.54) is 6.42 Å². The van der Waals surface area contributed by atoms with Crippen molar-refractivity contribution in [2.45, 2.75) is 45.1 Å². The molecule has 1 saturated carbocycles. The summed E-state index contributed by atoms with van der Waals surface area (Å²) in [6, 6.07) is 10.1. The lowest BCUT2D eigenvalue weighted by Gasteiger charge is -2.31. The SMILES string of the molecule is CC1CC(C)CC(Oc2cc(CCl)c3ccccc3n2)C1. The van der Waals surface area contributed by atoms with Gasteiger partial charge in [0.1, 0.15) is 6.10 Å². The second-order valence-electron chi connectivity index (χ2n) is 6.43. The Balaban J connectivity index is 1.87. The van der Waals surface area contributed by atoms with Crippen LogP contribution in [-0.2, 0) is 5.88 Å². The van der Waals surface area contributed by atoms with E-state index in [4.69, 9.17) is 16.3 Å². The summed E-state index contributed by atoms with van der Waals surface area (Å²) >= 11 is 6.08. The average Bonchev–Trinajstić information content (AvgIpc) is 2.45. The Hall–Kier alpha value is -1.28. The van der Waals surface area contributed by atoms with Crippen molar-refractivity contribution in [2.75, 3.05) is 0 Å². The summed E-state index contributed by atoms with van der Waals surface area (Å²) in [5.41, 5.74) is 2.05. The third-order valence-electron chi connectivity index (χ3n) is 4.34. The lowest BCUT2D eigenvalue weighted by Crippen LogP contribution is -2.28. The van der Waals surface area contributed by atoms with Crippen molar-refractivity contribution in [3.8, 4) is 5.88 Å². The van der Waals surface area contributed by atoms with E-state index in [0.29, 0.717) is 5.88 Å². The van der Waals surface area contributed by atoms with Crippen LogP contribution in [0, 0.1) is 11.8 Å². The van der Waals surface area contributed by atoms with E-state index in [-0.39, 0.29) is 6.10 Å². The number of halogens is 1. The Morgan fingerprint density at radius 3 is 2.57 bits per heavy atom. The van der Waals surface area contributed by atoms with Crippen LogP contribution in [0.5, 0.6) is 5.88 Å². The molecule has 3 heteroatoms. The van der Waals surface area contributed by atoms with Crippen LogP contribution in [-0.4, -0.2) is 11.1 Å². The summed E-state index contributed by atoms with van der Waals surface area (Å²) in [6.45, 7) is 4.62. The van der Waals surface area contributed by atoms with Crippen LogP contribution < -0.4 is 4.74 Å². The molecule has 2 nitrogen and oxygen atoms in total. The molecule has 1 fully saturated rings. The second kappa shape index (κ2) is 6.23. The van der Waals surface area contributed by atoms with Crippen molar-refractivity contribution in [2.24, 2.45) is 11.8 Å². The number of ether oxygens (including phenoxy) is 1. The summed E-state index contributed by atoms with van der Waals surface area (Å²) < 4.78 is 6.18. The quantitative estimate of drug-likeness (QED) is 0.729. The fraction of sp³-hybridized carbons (Fsp3) is 0.500. The number of hydrogen-bond donors (Lipinski definition) is 0. The van der Waals surface area contributed by atoms with Crippen LogP contribution in [0.2, 0.25) is 0 Å². The smallest absolute Gasteiger partial charge is 0.214 e. The number of pyridine rings is 1. The van der Waals surface area contributed by atoms with Gasteiger partial charge in [0.15, 0.2) is 0 Å². The molecule has 2 aromatic rings. The van der Waals surface area contributed by atoms with Gasteiger partial charge in [-0.25, -0.2) is 4.98 Å². The molecule has 0 radical (unpaired) electrons. The van der Waals surface area contributed by atoms with Gasteiger partial charge >= 0.3 is 0 Å². The molecule has 2 atom stereocenters. The second-order valence-corrected chi connectivity index (χ2v) is 6.69. The highest BCUT2D eigenvalue weighted by Gasteiger charge is 2.25. The molecule has 0 aliphatic heterocycles. The predicted molar refractivity (Wildman–Crippen MR) is 87.9 cm³/mol. The Morgan fingerprint density at radius 2 is 1.86 bits per heavy atom. The molecule has 1 aliphatic carbocycles. The largest absolute Gasteiger partial charge is 0.474 e. The molecule has 2 unspecified atom stereocenters. The van der Waals surface area contributed by atoms with E-state index in [1.807, 2.05) is 24.3 Å². The Morgan fingerprint density at radius 1 is 1.14 bits per heavy atom. The molecular formula is C18H22ClNO. The van der Waals surface area contributed by atoms with E-state index >= 15 is 0 Å². The van der Waals surface area contributed by atoms with Gasteiger partial charge in [-0.1, -0.05) is 32.0 Å². The number of para-hydroxylation sites is 1. The molecule has 0 bridgehead atoms. The summed E-state index contributed by atoms with van der Waals surface area (Å²) in [5, 5.41) is 1.12. The molecule has 0 saturated heterocycles. The zero-order valence-corrected chi connectivity index (χ0v) is 13.4. The normalized spacial score (nSPS) is 26.0. The molecule has 1 aromatic carbocycles. The lowest BCUT2D eigenvalue weighted by atomic mass is 9.82. The first-order valence-electron chi connectivity index (χ1n) is 7.77. The number of alkyl halides is 1. The highest BCUT2D eigenvalue weighted by atomic mass is 35.5. The van der Waals surface area contributed by atoms with Crippen LogP contribution in [0.15, 0.2) is 30.3 Å². The van der Waals surface area contributed by atoms with Crippen LogP contribution in [0.3, 0.4) is 0 Å². The van der Waals surface area contributed by atoms with Crippen molar-refractivity contribution < 1.29 is 4.74 Å². The fourth-order valence-corrected chi connectivity index (χ4v) is 3.75. The Kier molecular flexibility index (Phi) is 4.34. The molecule has 112 valence electrons. The minimum atomic E-state index is 0.278. The monoisotopic (exact) mass is 303 g/mol. The van der Waals surface area contributed by atoms with E-state index in [9.17, 15) is 0 Å². The van der Waals surface area contributed by atoms with Gasteiger partial charge in [0.2, 0.25) is 5.88 Å². The first-order valence-corrected chi connectivity index (χ1v) is 8.30. The standard InChI is InChI=1S/C18H22ClNO/c1-12-7-13(2)9-15(8-12)21-18-10-14(11-19)16-5-3-4-6-17(16)20-18/h3-6,10,12-13,15H,7-9,11H2,1-2H3. The van der Waals surface area contributed by atoms with Crippen molar-refractivity contribution in [1.82, 2.24) is 4.98 Å². The van der Waals surface area contributed by atoms with Crippen molar-refractivity contribution in [1.29, 1.82) is 0 Å².